The zero-order chi connectivity index (χ0) is 19.6. The number of hydrogen-bond donors (Lipinski definition) is 0. The minimum Gasteiger partial charge on any atom is -0.450 e. The summed E-state index contributed by atoms with van der Waals surface area (Å²) in [5.74, 6) is 0.0497. The topological polar surface area (TPSA) is 66.0 Å². The van der Waals surface area contributed by atoms with Crippen LogP contribution in [0.1, 0.15) is 18.1 Å². The second-order valence-electron chi connectivity index (χ2n) is 6.80. The van der Waals surface area contributed by atoms with Gasteiger partial charge >= 0.3 is 6.09 Å². The molecule has 1 aromatic carbocycles. The second-order valence-corrected chi connectivity index (χ2v) is 7.77. The standard InChI is InChI=1S/C19H26N4O3S/c1-5-26-19(25)23-10-8-22(9-11-23)15(24)12-21(4)18-20-16-13(2)6-7-14(3)17(16)27-18/h6-7H,5,8-12H2,1-4H3. The van der Waals surface area contributed by atoms with Crippen molar-refractivity contribution in [2.45, 2.75) is 20.8 Å². The molecule has 8 heteroatoms. The Labute approximate surface area is 163 Å². The van der Waals surface area contributed by atoms with Crippen molar-refractivity contribution in [2.24, 2.45) is 0 Å². The van der Waals surface area contributed by atoms with Crippen LogP contribution in [0.2, 0.25) is 0 Å². The van der Waals surface area contributed by atoms with Gasteiger partial charge in [-0.1, -0.05) is 23.5 Å². The van der Waals surface area contributed by atoms with Gasteiger partial charge in [0.2, 0.25) is 5.91 Å². The van der Waals surface area contributed by atoms with E-state index in [1.54, 1.807) is 28.1 Å². The molecule has 0 aliphatic carbocycles. The van der Waals surface area contributed by atoms with Crippen LogP contribution in [-0.2, 0) is 9.53 Å². The molecule has 3 rings (SSSR count). The Balaban J connectivity index is 1.61. The van der Waals surface area contributed by atoms with Crippen molar-refractivity contribution >= 4 is 38.7 Å². The van der Waals surface area contributed by atoms with Gasteiger partial charge in [0.25, 0.3) is 0 Å². The average molecular weight is 391 g/mol. The molecule has 2 aromatic rings. The fourth-order valence-electron chi connectivity index (χ4n) is 3.13. The Morgan fingerprint density at radius 3 is 2.41 bits per heavy atom. The summed E-state index contributed by atoms with van der Waals surface area (Å²) in [5.41, 5.74) is 3.36. The van der Waals surface area contributed by atoms with Crippen LogP contribution in [0.4, 0.5) is 9.93 Å². The molecular weight excluding hydrogens is 364 g/mol. The maximum atomic E-state index is 12.7. The molecule has 1 saturated heterocycles. The predicted octanol–water partition coefficient (Wildman–Crippen LogP) is 2.65. The maximum absolute atomic E-state index is 12.7. The minimum atomic E-state index is -0.304. The number of fused-ring (bicyclic) bond motifs is 1. The van der Waals surface area contributed by atoms with Crippen molar-refractivity contribution in [3.05, 3.63) is 23.3 Å². The number of amides is 2. The van der Waals surface area contributed by atoms with Crippen LogP contribution < -0.4 is 4.90 Å². The molecule has 27 heavy (non-hydrogen) atoms. The minimum absolute atomic E-state index is 0.0497. The van der Waals surface area contributed by atoms with Crippen molar-refractivity contribution in [1.29, 1.82) is 0 Å². The van der Waals surface area contributed by atoms with Crippen molar-refractivity contribution in [3.8, 4) is 0 Å². The number of nitrogens with zero attached hydrogens (tertiary/aromatic N) is 4. The molecule has 0 N–H and O–H groups in total. The van der Waals surface area contributed by atoms with E-state index in [-0.39, 0.29) is 18.5 Å². The van der Waals surface area contributed by atoms with Gasteiger partial charge in [-0.25, -0.2) is 9.78 Å². The maximum Gasteiger partial charge on any atom is 0.409 e. The summed E-state index contributed by atoms with van der Waals surface area (Å²) in [5, 5.41) is 0.848. The summed E-state index contributed by atoms with van der Waals surface area (Å²) in [6, 6.07) is 4.18. The van der Waals surface area contributed by atoms with E-state index in [0.717, 1.165) is 16.2 Å². The smallest absolute Gasteiger partial charge is 0.409 e. The molecule has 0 bridgehead atoms. The van der Waals surface area contributed by atoms with Gasteiger partial charge in [-0.05, 0) is 31.9 Å². The van der Waals surface area contributed by atoms with Crippen molar-refractivity contribution in [3.63, 3.8) is 0 Å². The van der Waals surface area contributed by atoms with Crippen LogP contribution in [0.15, 0.2) is 12.1 Å². The van der Waals surface area contributed by atoms with Crippen molar-refractivity contribution in [1.82, 2.24) is 14.8 Å². The molecule has 146 valence electrons. The van der Waals surface area contributed by atoms with Crippen LogP contribution in [0, 0.1) is 13.8 Å². The summed E-state index contributed by atoms with van der Waals surface area (Å²) in [6.07, 6.45) is -0.304. The summed E-state index contributed by atoms with van der Waals surface area (Å²) in [7, 11) is 1.90. The lowest BCUT2D eigenvalue weighted by Gasteiger charge is -2.34. The number of benzene rings is 1. The van der Waals surface area contributed by atoms with Crippen molar-refractivity contribution in [2.75, 3.05) is 51.3 Å². The lowest BCUT2D eigenvalue weighted by Crippen LogP contribution is -2.52. The molecule has 1 aromatic heterocycles. The number of hydrogen-bond acceptors (Lipinski definition) is 6. The number of thiazole rings is 1. The SMILES string of the molecule is CCOC(=O)N1CCN(C(=O)CN(C)c2nc3c(C)ccc(C)c3s2)CC1. The van der Waals surface area contributed by atoms with E-state index >= 15 is 0 Å². The molecule has 2 heterocycles. The van der Waals surface area contributed by atoms with Gasteiger partial charge in [-0.2, -0.15) is 0 Å². The Morgan fingerprint density at radius 2 is 1.78 bits per heavy atom. The number of anilines is 1. The first kappa shape index (κ1) is 19.4. The number of piperazine rings is 1. The number of likely N-dealkylation sites (N-methyl/N-ethyl adjacent to an activating group) is 1. The Kier molecular flexibility index (Phi) is 5.84. The Hall–Kier alpha value is -2.35. The predicted molar refractivity (Wildman–Crippen MR) is 108 cm³/mol. The first-order chi connectivity index (χ1) is 12.9. The van der Waals surface area contributed by atoms with Crippen LogP contribution in [-0.4, -0.2) is 73.2 Å². The van der Waals surface area contributed by atoms with Gasteiger partial charge < -0.3 is 19.4 Å². The Morgan fingerprint density at radius 1 is 1.15 bits per heavy atom. The summed E-state index contributed by atoms with van der Waals surface area (Å²) < 4.78 is 6.19. The van der Waals surface area contributed by atoms with E-state index < -0.39 is 0 Å². The quantitative estimate of drug-likeness (QED) is 0.803. The molecule has 0 atom stereocenters. The van der Waals surface area contributed by atoms with Crippen LogP contribution in [0.5, 0.6) is 0 Å². The first-order valence-electron chi connectivity index (χ1n) is 9.18. The van der Waals surface area contributed by atoms with E-state index in [1.807, 2.05) is 11.9 Å². The van der Waals surface area contributed by atoms with Gasteiger partial charge in [0.1, 0.15) is 0 Å². The summed E-state index contributed by atoms with van der Waals surface area (Å²) in [6.45, 7) is 8.64. The third kappa shape index (κ3) is 4.16. The molecule has 0 spiro atoms. The fourth-order valence-corrected chi connectivity index (χ4v) is 4.21. The molecule has 0 unspecified atom stereocenters. The third-order valence-corrected chi connectivity index (χ3v) is 6.09. The monoisotopic (exact) mass is 390 g/mol. The lowest BCUT2D eigenvalue weighted by molar-refractivity contribution is -0.131. The van der Waals surface area contributed by atoms with Crippen LogP contribution in [0.3, 0.4) is 0 Å². The van der Waals surface area contributed by atoms with Gasteiger partial charge in [0.05, 0.1) is 23.4 Å². The number of aryl methyl sites for hydroxylation is 2. The number of carbonyl (C=O) groups is 2. The van der Waals surface area contributed by atoms with Crippen molar-refractivity contribution < 1.29 is 14.3 Å². The fraction of sp³-hybridized carbons (Fsp3) is 0.526. The Bertz CT molecular complexity index is 804. The van der Waals surface area contributed by atoms with Crippen LogP contribution >= 0.6 is 11.3 Å². The highest BCUT2D eigenvalue weighted by molar-refractivity contribution is 7.22. The number of rotatable bonds is 4. The molecule has 7 nitrogen and oxygen atoms in total. The molecule has 1 fully saturated rings. The number of aromatic nitrogens is 1. The van der Waals surface area contributed by atoms with Crippen LogP contribution in [0.25, 0.3) is 10.2 Å². The molecule has 0 radical (unpaired) electrons. The second kappa shape index (κ2) is 8.12. The average Bonchev–Trinajstić information content (AvgIpc) is 3.12. The van der Waals surface area contributed by atoms with Gasteiger partial charge in [0.15, 0.2) is 5.13 Å². The summed E-state index contributed by atoms with van der Waals surface area (Å²) >= 11 is 1.62. The molecular formula is C19H26N4O3S. The van der Waals surface area contributed by atoms with Gasteiger partial charge in [-0.3, -0.25) is 4.79 Å². The number of ether oxygens (including phenoxy) is 1. The molecule has 1 aliphatic rings. The summed E-state index contributed by atoms with van der Waals surface area (Å²) in [4.78, 5) is 34.5. The zero-order valence-electron chi connectivity index (χ0n) is 16.3. The first-order valence-corrected chi connectivity index (χ1v) is 9.99. The number of carbonyl (C=O) groups excluding carboxylic acids is 2. The van der Waals surface area contributed by atoms with E-state index in [0.29, 0.717) is 32.8 Å². The highest BCUT2D eigenvalue weighted by Crippen LogP contribution is 2.32. The highest BCUT2D eigenvalue weighted by Gasteiger charge is 2.25. The van der Waals surface area contributed by atoms with E-state index in [1.165, 1.54) is 10.3 Å². The highest BCUT2D eigenvalue weighted by atomic mass is 32.1. The lowest BCUT2D eigenvalue weighted by atomic mass is 10.1. The molecule has 1 aliphatic heterocycles. The van der Waals surface area contributed by atoms with E-state index in [2.05, 4.69) is 26.0 Å². The van der Waals surface area contributed by atoms with E-state index in [4.69, 9.17) is 9.72 Å². The third-order valence-electron chi connectivity index (χ3n) is 4.79. The van der Waals surface area contributed by atoms with E-state index in [9.17, 15) is 9.59 Å². The normalized spacial score (nSPS) is 14.5. The molecule has 0 saturated carbocycles. The zero-order valence-corrected chi connectivity index (χ0v) is 17.1. The molecule has 2 amide bonds. The largest absolute Gasteiger partial charge is 0.450 e. The van der Waals surface area contributed by atoms with Gasteiger partial charge in [-0.15, -0.1) is 0 Å². The van der Waals surface area contributed by atoms with Gasteiger partial charge in [0, 0.05) is 33.2 Å².